The van der Waals surface area contributed by atoms with Crippen LogP contribution in [0.15, 0.2) is 77.0 Å². The Balaban J connectivity index is 1.63. The van der Waals surface area contributed by atoms with E-state index in [9.17, 15) is 9.59 Å². The summed E-state index contributed by atoms with van der Waals surface area (Å²) in [6, 6.07) is 19.8. The Morgan fingerprint density at radius 2 is 1.68 bits per heavy atom. The number of aromatic nitrogens is 2. The third-order valence-corrected chi connectivity index (χ3v) is 5.46. The number of nitrogens with one attached hydrogen (secondary N) is 1. The zero-order valence-electron chi connectivity index (χ0n) is 15.3. The van der Waals surface area contributed by atoms with Gasteiger partial charge in [-0.3, -0.25) is 14.0 Å². The summed E-state index contributed by atoms with van der Waals surface area (Å²) in [5.41, 5.74) is 2.62. The molecule has 28 heavy (non-hydrogen) atoms. The van der Waals surface area contributed by atoms with Crippen LogP contribution in [0.5, 0.6) is 0 Å². The number of benzene rings is 2. The summed E-state index contributed by atoms with van der Waals surface area (Å²) < 4.78 is 1.46. The second-order valence-corrected chi connectivity index (χ2v) is 7.43. The molecule has 1 amide bonds. The van der Waals surface area contributed by atoms with Crippen LogP contribution in [-0.4, -0.2) is 15.3 Å². The zero-order valence-corrected chi connectivity index (χ0v) is 16.1. The van der Waals surface area contributed by atoms with E-state index in [0.717, 1.165) is 11.1 Å². The maximum absolute atomic E-state index is 12.9. The van der Waals surface area contributed by atoms with E-state index in [-0.39, 0.29) is 29.5 Å². The number of rotatable bonds is 5. The van der Waals surface area contributed by atoms with Gasteiger partial charge in [0, 0.05) is 23.9 Å². The molecule has 4 rings (SSSR count). The van der Waals surface area contributed by atoms with E-state index < -0.39 is 0 Å². The first kappa shape index (κ1) is 18.1. The molecule has 2 aromatic heterocycles. The smallest absolute Gasteiger partial charge is 0.282 e. The predicted octanol–water partition coefficient (Wildman–Crippen LogP) is 4.23. The molecule has 0 spiro atoms. The molecule has 2 aromatic carbocycles. The van der Waals surface area contributed by atoms with Gasteiger partial charge in [-0.2, -0.15) is 0 Å². The number of anilines is 1. The Morgan fingerprint density at radius 3 is 2.29 bits per heavy atom. The van der Waals surface area contributed by atoms with E-state index in [1.807, 2.05) is 60.7 Å². The van der Waals surface area contributed by atoms with Crippen LogP contribution >= 0.6 is 11.3 Å². The molecule has 0 atom stereocenters. The molecule has 1 N–H and O–H groups in total. The van der Waals surface area contributed by atoms with E-state index in [1.54, 1.807) is 18.5 Å². The number of fused-ring (bicyclic) bond motifs is 1. The monoisotopic (exact) mass is 389 g/mol. The molecule has 0 saturated heterocycles. The van der Waals surface area contributed by atoms with Gasteiger partial charge in [0.05, 0.1) is 5.69 Å². The second-order valence-electron chi connectivity index (χ2n) is 6.56. The largest absolute Gasteiger partial charge is 0.320 e. The van der Waals surface area contributed by atoms with Crippen molar-refractivity contribution in [3.05, 3.63) is 99.4 Å². The van der Waals surface area contributed by atoms with Gasteiger partial charge in [0.2, 0.25) is 5.91 Å². The number of hydrogen-bond donors (Lipinski definition) is 1. The van der Waals surface area contributed by atoms with Gasteiger partial charge >= 0.3 is 0 Å². The molecule has 0 fully saturated rings. The molecule has 5 nitrogen and oxygen atoms in total. The number of aryl methyl sites for hydroxylation is 1. The van der Waals surface area contributed by atoms with Crippen molar-refractivity contribution in [2.75, 3.05) is 5.32 Å². The maximum Gasteiger partial charge on any atom is 0.282 e. The summed E-state index contributed by atoms with van der Waals surface area (Å²) in [5.74, 6) is -0.307. The molecule has 140 valence electrons. The average Bonchev–Trinajstić information content (AvgIpc) is 3.19. The molecule has 0 radical (unpaired) electrons. The molecule has 0 bridgehead atoms. The summed E-state index contributed by atoms with van der Waals surface area (Å²) in [6.07, 6.45) is 1.90. The van der Waals surface area contributed by atoms with Crippen molar-refractivity contribution in [2.24, 2.45) is 0 Å². The fourth-order valence-electron chi connectivity index (χ4n) is 3.30. The second kappa shape index (κ2) is 7.78. The minimum atomic E-state index is -0.256. The Kier molecular flexibility index (Phi) is 5.04. The van der Waals surface area contributed by atoms with Gasteiger partial charge in [0.15, 0.2) is 4.96 Å². The number of hydrogen-bond acceptors (Lipinski definition) is 4. The van der Waals surface area contributed by atoms with Gasteiger partial charge in [-0.15, -0.1) is 11.3 Å². The van der Waals surface area contributed by atoms with Crippen molar-refractivity contribution >= 4 is 27.9 Å². The highest BCUT2D eigenvalue weighted by Gasteiger charge is 2.20. The Labute approximate surface area is 166 Å². The summed E-state index contributed by atoms with van der Waals surface area (Å²) in [7, 11) is 0. The van der Waals surface area contributed by atoms with Crippen LogP contribution in [0.1, 0.15) is 29.2 Å². The van der Waals surface area contributed by atoms with Crippen molar-refractivity contribution in [1.82, 2.24) is 9.38 Å². The Morgan fingerprint density at radius 1 is 1.07 bits per heavy atom. The lowest BCUT2D eigenvalue weighted by molar-refractivity contribution is -0.116. The molecule has 0 aliphatic carbocycles. The van der Waals surface area contributed by atoms with Crippen LogP contribution in [0.2, 0.25) is 0 Å². The minimum absolute atomic E-state index is 0.0942. The third-order valence-electron chi connectivity index (χ3n) is 4.71. The highest BCUT2D eigenvalue weighted by atomic mass is 32.1. The average molecular weight is 389 g/mol. The molecule has 0 saturated carbocycles. The first-order valence-corrected chi connectivity index (χ1v) is 9.87. The van der Waals surface area contributed by atoms with Crippen LogP contribution in [0.25, 0.3) is 4.96 Å². The molecule has 6 heteroatoms. The van der Waals surface area contributed by atoms with Crippen molar-refractivity contribution in [2.45, 2.75) is 19.3 Å². The maximum atomic E-state index is 12.9. The summed E-state index contributed by atoms with van der Waals surface area (Å²) >= 11 is 1.39. The molecule has 0 unspecified atom stereocenters. The van der Waals surface area contributed by atoms with Crippen LogP contribution in [-0.2, 0) is 4.79 Å². The summed E-state index contributed by atoms with van der Waals surface area (Å²) in [4.78, 5) is 30.6. The number of carbonyl (C=O) groups is 1. The van der Waals surface area contributed by atoms with Gasteiger partial charge in [-0.05, 0) is 18.1 Å². The van der Waals surface area contributed by atoms with Crippen LogP contribution < -0.4 is 10.9 Å². The SMILES string of the molecule is Cc1nc2sccn2c(=O)c1NC(=O)CC(c1ccccc1)c1ccccc1. The van der Waals surface area contributed by atoms with Crippen molar-refractivity contribution < 1.29 is 4.79 Å². The summed E-state index contributed by atoms with van der Waals surface area (Å²) in [6.45, 7) is 1.74. The fourth-order valence-corrected chi connectivity index (χ4v) is 4.05. The lowest BCUT2D eigenvalue weighted by atomic mass is 9.88. The lowest BCUT2D eigenvalue weighted by Gasteiger charge is -2.18. The van der Waals surface area contributed by atoms with Crippen molar-refractivity contribution in [1.29, 1.82) is 0 Å². The van der Waals surface area contributed by atoms with E-state index in [2.05, 4.69) is 10.3 Å². The number of nitrogens with zero attached hydrogens (tertiary/aromatic N) is 2. The Bertz CT molecular complexity index is 1130. The first-order chi connectivity index (χ1) is 13.6. The van der Waals surface area contributed by atoms with Gasteiger partial charge in [-0.25, -0.2) is 4.98 Å². The van der Waals surface area contributed by atoms with Gasteiger partial charge in [-0.1, -0.05) is 60.7 Å². The normalized spacial score (nSPS) is 11.1. The standard InChI is InChI=1S/C22H19N3O2S/c1-15-20(21(27)25-12-13-28-22(25)23-15)24-19(26)14-18(16-8-4-2-5-9-16)17-10-6-3-7-11-17/h2-13,18H,14H2,1H3,(H,24,26). The quantitative estimate of drug-likeness (QED) is 0.556. The Hall–Kier alpha value is -3.25. The number of amides is 1. The van der Waals surface area contributed by atoms with Crippen molar-refractivity contribution in [3.8, 4) is 0 Å². The van der Waals surface area contributed by atoms with E-state index in [1.165, 1.54) is 15.7 Å². The van der Waals surface area contributed by atoms with Crippen LogP contribution in [0, 0.1) is 6.92 Å². The molecular weight excluding hydrogens is 370 g/mol. The van der Waals surface area contributed by atoms with E-state index >= 15 is 0 Å². The lowest BCUT2D eigenvalue weighted by Crippen LogP contribution is -2.25. The first-order valence-electron chi connectivity index (χ1n) is 8.99. The number of carbonyl (C=O) groups excluding carboxylic acids is 1. The molecule has 0 aliphatic rings. The van der Waals surface area contributed by atoms with Crippen LogP contribution in [0.4, 0.5) is 5.69 Å². The zero-order chi connectivity index (χ0) is 19.5. The highest BCUT2D eigenvalue weighted by molar-refractivity contribution is 7.15. The minimum Gasteiger partial charge on any atom is -0.320 e. The molecule has 2 heterocycles. The fraction of sp³-hybridized carbons (Fsp3) is 0.136. The van der Waals surface area contributed by atoms with Crippen molar-refractivity contribution in [3.63, 3.8) is 0 Å². The van der Waals surface area contributed by atoms with Crippen LogP contribution in [0.3, 0.4) is 0 Å². The molecule has 4 aromatic rings. The molecule has 0 aliphatic heterocycles. The molecular formula is C22H19N3O2S. The topological polar surface area (TPSA) is 63.5 Å². The summed E-state index contributed by atoms with van der Waals surface area (Å²) in [5, 5.41) is 4.60. The number of thiazole rings is 1. The van der Waals surface area contributed by atoms with Gasteiger partial charge < -0.3 is 5.32 Å². The van der Waals surface area contributed by atoms with Gasteiger partial charge in [0.1, 0.15) is 5.69 Å². The van der Waals surface area contributed by atoms with E-state index in [4.69, 9.17) is 0 Å². The van der Waals surface area contributed by atoms with Gasteiger partial charge in [0.25, 0.3) is 5.56 Å². The third kappa shape index (κ3) is 3.59. The van der Waals surface area contributed by atoms with E-state index in [0.29, 0.717) is 10.7 Å². The highest BCUT2D eigenvalue weighted by Crippen LogP contribution is 2.28. The predicted molar refractivity (Wildman–Crippen MR) is 112 cm³/mol.